The first-order chi connectivity index (χ1) is 17.1. The van der Waals surface area contributed by atoms with Crippen LogP contribution in [0.1, 0.15) is 16.7 Å². The molecule has 0 spiro atoms. The second-order valence-electron chi connectivity index (χ2n) is 8.00. The quantitative estimate of drug-likeness (QED) is 0.298. The fraction of sp³-hybridized carbons (Fsp3) is 0.107. The Balaban J connectivity index is 1.31. The maximum atomic E-state index is 13.0. The van der Waals surface area contributed by atoms with Crippen molar-refractivity contribution < 1.29 is 19.1 Å². The van der Waals surface area contributed by atoms with Crippen molar-refractivity contribution in [3.05, 3.63) is 107 Å². The van der Waals surface area contributed by atoms with Gasteiger partial charge in [-0.2, -0.15) is 0 Å². The van der Waals surface area contributed by atoms with Crippen LogP contribution in [0.2, 0.25) is 0 Å². The molecular weight excluding hydrogens is 460 g/mol. The van der Waals surface area contributed by atoms with Crippen LogP contribution < -0.4 is 9.47 Å². The minimum absolute atomic E-state index is 0.234. The Morgan fingerprint density at radius 3 is 2.49 bits per heavy atom. The molecule has 1 saturated heterocycles. The molecule has 0 bridgehead atoms. The van der Waals surface area contributed by atoms with Crippen LogP contribution in [0, 0.1) is 0 Å². The minimum atomic E-state index is -0.301. The summed E-state index contributed by atoms with van der Waals surface area (Å²) in [5.41, 5.74) is 2.64. The fourth-order valence-electron chi connectivity index (χ4n) is 3.84. The number of thioether (sulfide) groups is 1. The third kappa shape index (κ3) is 5.05. The van der Waals surface area contributed by atoms with Crippen molar-refractivity contribution in [3.8, 4) is 11.5 Å². The zero-order valence-corrected chi connectivity index (χ0v) is 19.8. The lowest BCUT2D eigenvalue weighted by Gasteiger charge is -2.13. The highest BCUT2D eigenvalue weighted by Crippen LogP contribution is 2.35. The Labute approximate surface area is 207 Å². The maximum absolute atomic E-state index is 13.0. The van der Waals surface area contributed by atoms with E-state index >= 15 is 0 Å². The summed E-state index contributed by atoms with van der Waals surface area (Å²) in [6, 6.07) is 23.2. The average Bonchev–Trinajstić information content (AvgIpc) is 3.15. The van der Waals surface area contributed by atoms with E-state index in [1.54, 1.807) is 37.7 Å². The zero-order chi connectivity index (χ0) is 24.2. The normalized spacial score (nSPS) is 14.7. The van der Waals surface area contributed by atoms with E-state index < -0.39 is 0 Å². The highest BCUT2D eigenvalue weighted by atomic mass is 32.2. The standard InChI is InChI=1S/C28H22N2O4S/c1-33-25-15-20(7-9-24(25)34-18-19-10-12-29-13-11-19)16-26-27(31)30(28(32)35-26)17-21-6-8-22-4-2-3-5-23(22)14-21/h2-16H,17-18H2,1H3/b26-16-. The molecule has 0 unspecified atom stereocenters. The molecule has 4 aromatic rings. The molecule has 0 saturated carbocycles. The molecule has 2 heterocycles. The van der Waals surface area contributed by atoms with E-state index in [-0.39, 0.29) is 17.7 Å². The number of benzene rings is 3. The molecule has 0 radical (unpaired) electrons. The first-order valence-electron chi connectivity index (χ1n) is 11.0. The van der Waals surface area contributed by atoms with Gasteiger partial charge in [-0.1, -0.05) is 42.5 Å². The van der Waals surface area contributed by atoms with Gasteiger partial charge in [-0.15, -0.1) is 0 Å². The Hall–Kier alpha value is -4.10. The molecule has 5 rings (SSSR count). The number of carbonyl (C=O) groups excluding carboxylic acids is 2. The molecule has 174 valence electrons. The van der Waals surface area contributed by atoms with Crippen LogP contribution in [-0.4, -0.2) is 28.1 Å². The molecule has 7 heteroatoms. The van der Waals surface area contributed by atoms with Crippen molar-refractivity contribution in [1.29, 1.82) is 0 Å². The van der Waals surface area contributed by atoms with E-state index in [1.807, 2.05) is 60.7 Å². The topological polar surface area (TPSA) is 68.7 Å². The number of hydrogen-bond donors (Lipinski definition) is 0. The summed E-state index contributed by atoms with van der Waals surface area (Å²) in [4.78, 5) is 31.3. The van der Waals surface area contributed by atoms with Crippen LogP contribution in [-0.2, 0) is 17.9 Å². The van der Waals surface area contributed by atoms with Gasteiger partial charge in [0.1, 0.15) is 6.61 Å². The molecule has 1 aliphatic heterocycles. The number of methoxy groups -OCH3 is 1. The van der Waals surface area contributed by atoms with Gasteiger partial charge in [0.05, 0.1) is 18.6 Å². The van der Waals surface area contributed by atoms with Crippen molar-refractivity contribution in [2.75, 3.05) is 7.11 Å². The lowest BCUT2D eigenvalue weighted by Crippen LogP contribution is -2.27. The summed E-state index contributed by atoms with van der Waals surface area (Å²) in [6.07, 6.45) is 5.14. The lowest BCUT2D eigenvalue weighted by molar-refractivity contribution is -0.123. The smallest absolute Gasteiger partial charge is 0.293 e. The third-order valence-electron chi connectivity index (χ3n) is 5.66. The largest absolute Gasteiger partial charge is 0.493 e. The second-order valence-corrected chi connectivity index (χ2v) is 9.00. The van der Waals surface area contributed by atoms with Crippen molar-refractivity contribution in [2.45, 2.75) is 13.2 Å². The summed E-state index contributed by atoms with van der Waals surface area (Å²) >= 11 is 0.945. The molecule has 0 aliphatic carbocycles. The molecule has 35 heavy (non-hydrogen) atoms. The van der Waals surface area contributed by atoms with Gasteiger partial charge in [0, 0.05) is 12.4 Å². The maximum Gasteiger partial charge on any atom is 0.293 e. The number of ether oxygens (including phenoxy) is 2. The zero-order valence-electron chi connectivity index (χ0n) is 19.0. The highest BCUT2D eigenvalue weighted by Gasteiger charge is 2.35. The average molecular weight is 483 g/mol. The van der Waals surface area contributed by atoms with Crippen LogP contribution in [0.5, 0.6) is 11.5 Å². The van der Waals surface area contributed by atoms with E-state index in [9.17, 15) is 9.59 Å². The van der Waals surface area contributed by atoms with Crippen LogP contribution in [0.15, 0.2) is 90.1 Å². The summed E-state index contributed by atoms with van der Waals surface area (Å²) in [5, 5.41) is 1.91. The monoisotopic (exact) mass is 482 g/mol. The van der Waals surface area contributed by atoms with Gasteiger partial charge in [0.2, 0.25) is 0 Å². The first-order valence-corrected chi connectivity index (χ1v) is 11.8. The highest BCUT2D eigenvalue weighted by molar-refractivity contribution is 8.18. The number of aromatic nitrogens is 1. The predicted octanol–water partition coefficient (Wildman–Crippen LogP) is 6.06. The van der Waals surface area contributed by atoms with Crippen molar-refractivity contribution in [2.24, 2.45) is 0 Å². The number of pyridine rings is 1. The van der Waals surface area contributed by atoms with E-state index in [2.05, 4.69) is 4.98 Å². The molecule has 0 N–H and O–H groups in total. The van der Waals surface area contributed by atoms with E-state index in [0.29, 0.717) is 23.0 Å². The summed E-state index contributed by atoms with van der Waals surface area (Å²) in [6.45, 7) is 0.615. The molecule has 2 amide bonds. The molecule has 1 aliphatic rings. The SMILES string of the molecule is COc1cc(/C=C2\SC(=O)N(Cc3ccc4ccccc4c3)C2=O)ccc1OCc1ccncc1. The number of amides is 2. The Bertz CT molecular complexity index is 1440. The van der Waals surface area contributed by atoms with Crippen LogP contribution in [0.25, 0.3) is 16.8 Å². The first kappa shape index (κ1) is 22.7. The van der Waals surface area contributed by atoms with Gasteiger partial charge in [0.25, 0.3) is 11.1 Å². The Morgan fingerprint density at radius 2 is 1.69 bits per heavy atom. The van der Waals surface area contributed by atoms with Crippen LogP contribution in [0.4, 0.5) is 4.79 Å². The predicted molar refractivity (Wildman–Crippen MR) is 137 cm³/mol. The third-order valence-corrected chi connectivity index (χ3v) is 6.56. The van der Waals surface area contributed by atoms with Gasteiger partial charge in [-0.05, 0) is 75.6 Å². The summed E-state index contributed by atoms with van der Waals surface area (Å²) < 4.78 is 11.4. The number of rotatable bonds is 7. The van der Waals surface area contributed by atoms with Gasteiger partial charge >= 0.3 is 0 Å². The van der Waals surface area contributed by atoms with E-state index in [4.69, 9.17) is 9.47 Å². The number of hydrogen-bond acceptors (Lipinski definition) is 6. The van der Waals surface area contributed by atoms with Gasteiger partial charge in [-0.3, -0.25) is 19.5 Å². The molecular formula is C28H22N2O4S. The van der Waals surface area contributed by atoms with Gasteiger partial charge < -0.3 is 9.47 Å². The molecule has 1 fully saturated rings. The van der Waals surface area contributed by atoms with E-state index in [0.717, 1.165) is 39.2 Å². The van der Waals surface area contributed by atoms with Crippen molar-refractivity contribution in [1.82, 2.24) is 9.88 Å². The Morgan fingerprint density at radius 1 is 0.886 bits per heavy atom. The van der Waals surface area contributed by atoms with Crippen molar-refractivity contribution >= 4 is 39.8 Å². The number of carbonyl (C=O) groups is 2. The van der Waals surface area contributed by atoms with Crippen molar-refractivity contribution in [3.63, 3.8) is 0 Å². The summed E-state index contributed by atoms with van der Waals surface area (Å²) in [7, 11) is 1.57. The Kier molecular flexibility index (Phi) is 6.50. The molecule has 3 aromatic carbocycles. The van der Waals surface area contributed by atoms with E-state index in [1.165, 1.54) is 4.90 Å². The molecule has 6 nitrogen and oxygen atoms in total. The lowest BCUT2D eigenvalue weighted by atomic mass is 10.1. The van der Waals surface area contributed by atoms with Crippen LogP contribution in [0.3, 0.4) is 0 Å². The van der Waals surface area contributed by atoms with Gasteiger partial charge in [0.15, 0.2) is 11.5 Å². The minimum Gasteiger partial charge on any atom is -0.493 e. The summed E-state index contributed by atoms with van der Waals surface area (Å²) in [5.74, 6) is 0.833. The second kappa shape index (κ2) is 10.0. The number of nitrogens with zero attached hydrogens (tertiary/aromatic N) is 2. The van der Waals surface area contributed by atoms with Gasteiger partial charge in [-0.25, -0.2) is 0 Å². The van der Waals surface area contributed by atoms with Crippen LogP contribution >= 0.6 is 11.8 Å². The fourth-order valence-corrected chi connectivity index (χ4v) is 4.68. The number of imide groups is 1. The molecule has 0 atom stereocenters. The molecule has 1 aromatic heterocycles. The number of fused-ring (bicyclic) bond motifs is 1.